The maximum Gasteiger partial charge on any atom is 0.201 e. The summed E-state index contributed by atoms with van der Waals surface area (Å²) in [6, 6.07) is 18.2. The van der Waals surface area contributed by atoms with Gasteiger partial charge < -0.3 is 10.1 Å². The Hall–Kier alpha value is -3.51. The van der Waals surface area contributed by atoms with Crippen LogP contribution in [0, 0.1) is 17.6 Å². The van der Waals surface area contributed by atoms with Crippen LogP contribution >= 0.6 is 11.6 Å². The van der Waals surface area contributed by atoms with E-state index < -0.39 is 29.2 Å². The third-order valence-electron chi connectivity index (χ3n) is 7.83. The van der Waals surface area contributed by atoms with Gasteiger partial charge in [0.05, 0.1) is 11.3 Å². The van der Waals surface area contributed by atoms with Gasteiger partial charge >= 0.3 is 0 Å². The Labute approximate surface area is 211 Å². The van der Waals surface area contributed by atoms with Gasteiger partial charge in [0.25, 0.3) is 0 Å². The fourth-order valence-corrected chi connectivity index (χ4v) is 5.99. The normalized spacial score (nSPS) is 27.0. The highest BCUT2D eigenvalue weighted by Gasteiger charge is 2.58. The molecule has 1 N–H and O–H groups in total. The average Bonchev–Trinajstić information content (AvgIpc) is 3.32. The first-order valence-corrected chi connectivity index (χ1v) is 12.2. The third-order valence-corrected chi connectivity index (χ3v) is 8.08. The smallest absolute Gasteiger partial charge is 0.201 e. The highest BCUT2D eigenvalue weighted by molar-refractivity contribution is 6.30. The Morgan fingerprint density at radius 3 is 2.28 bits per heavy atom. The van der Waals surface area contributed by atoms with Gasteiger partial charge in [0.1, 0.15) is 29.6 Å². The molecule has 2 saturated carbocycles. The summed E-state index contributed by atoms with van der Waals surface area (Å²) < 4.78 is 33.8. The highest BCUT2D eigenvalue weighted by atomic mass is 35.5. The van der Waals surface area contributed by atoms with Gasteiger partial charge in [-0.1, -0.05) is 54.1 Å². The van der Waals surface area contributed by atoms with Crippen LogP contribution in [0.1, 0.15) is 53.7 Å². The summed E-state index contributed by atoms with van der Waals surface area (Å²) in [5.41, 5.74) is 2.36. The van der Waals surface area contributed by atoms with Crippen LogP contribution in [-0.2, 0) is 19.7 Å². The van der Waals surface area contributed by atoms with E-state index in [0.29, 0.717) is 22.7 Å². The van der Waals surface area contributed by atoms with Crippen molar-refractivity contribution >= 4 is 28.9 Å². The maximum atomic E-state index is 14.1. The standard InChI is InChI=1S/C29H22ClF2NO3/c30-19-10-6-17(7-11-19)25-24(34)14-29(13-12-20(29)27(25)35)18-8-4-16(5-9-18)23-15-36-28(33-23)26-21(31)2-1-3-22(26)32/h1-11,15,20,25,28,33H,12-14H2. The molecule has 1 heterocycles. The van der Waals surface area contributed by atoms with Gasteiger partial charge in [-0.15, -0.1) is 0 Å². The number of carbonyl (C=O) groups excluding carboxylic acids is 2. The predicted molar refractivity (Wildman–Crippen MR) is 131 cm³/mol. The maximum absolute atomic E-state index is 14.1. The van der Waals surface area contributed by atoms with E-state index in [4.69, 9.17) is 16.3 Å². The minimum atomic E-state index is -0.964. The molecule has 0 aromatic heterocycles. The lowest BCUT2D eigenvalue weighted by molar-refractivity contribution is -0.144. The van der Waals surface area contributed by atoms with Crippen molar-refractivity contribution in [1.29, 1.82) is 0 Å². The molecule has 1 aliphatic heterocycles. The monoisotopic (exact) mass is 505 g/mol. The number of ketones is 2. The largest absolute Gasteiger partial charge is 0.472 e. The molecule has 0 saturated heterocycles. The molecular formula is C29H22ClF2NO3. The van der Waals surface area contributed by atoms with Crippen LogP contribution in [0.3, 0.4) is 0 Å². The second kappa shape index (κ2) is 8.56. The van der Waals surface area contributed by atoms with Crippen molar-refractivity contribution < 1.29 is 23.1 Å². The molecule has 4 unspecified atom stereocenters. The number of carbonyl (C=O) groups is 2. The van der Waals surface area contributed by atoms with Crippen LogP contribution in [0.4, 0.5) is 8.78 Å². The number of Topliss-reactive ketones (excluding diaryl/α,β-unsaturated/α-hetero) is 2. The average molecular weight is 506 g/mol. The second-order valence-electron chi connectivity index (χ2n) is 9.68. The fourth-order valence-electron chi connectivity index (χ4n) is 5.87. The van der Waals surface area contributed by atoms with E-state index in [1.807, 2.05) is 24.3 Å². The molecule has 3 aliphatic rings. The Morgan fingerprint density at radius 2 is 1.64 bits per heavy atom. The molecular weight excluding hydrogens is 484 g/mol. The van der Waals surface area contributed by atoms with Crippen molar-refractivity contribution in [3.05, 3.63) is 112 Å². The lowest BCUT2D eigenvalue weighted by atomic mass is 9.48. The zero-order chi connectivity index (χ0) is 25.0. The van der Waals surface area contributed by atoms with Gasteiger partial charge in [-0.3, -0.25) is 9.59 Å². The topological polar surface area (TPSA) is 55.4 Å². The zero-order valence-electron chi connectivity index (χ0n) is 19.1. The SMILES string of the molecule is O=C1CC2(c3ccc(C4=COC(c5c(F)cccc5F)N4)cc3)CCC2C(=O)C1c1ccc(Cl)cc1. The first kappa shape index (κ1) is 22.9. The Kier molecular flexibility index (Phi) is 5.45. The lowest BCUT2D eigenvalue weighted by Crippen LogP contribution is -2.56. The number of benzene rings is 3. The van der Waals surface area contributed by atoms with Gasteiger partial charge in [-0.2, -0.15) is 0 Å². The molecule has 6 rings (SSSR count). The molecule has 3 aromatic rings. The fraction of sp³-hybridized carbons (Fsp3) is 0.241. The number of halogens is 3. The summed E-state index contributed by atoms with van der Waals surface area (Å²) in [6.07, 6.45) is 2.33. The molecule has 36 heavy (non-hydrogen) atoms. The second-order valence-corrected chi connectivity index (χ2v) is 10.1. The molecule has 182 valence electrons. The van der Waals surface area contributed by atoms with E-state index in [9.17, 15) is 18.4 Å². The molecule has 4 atom stereocenters. The minimum Gasteiger partial charge on any atom is -0.472 e. The summed E-state index contributed by atoms with van der Waals surface area (Å²) in [7, 11) is 0. The van der Waals surface area contributed by atoms with Gasteiger partial charge in [0, 0.05) is 28.3 Å². The lowest BCUT2D eigenvalue weighted by Gasteiger charge is -2.53. The number of hydrogen-bond acceptors (Lipinski definition) is 4. The predicted octanol–water partition coefficient (Wildman–Crippen LogP) is 6.21. The van der Waals surface area contributed by atoms with E-state index in [-0.39, 0.29) is 23.0 Å². The van der Waals surface area contributed by atoms with Crippen molar-refractivity contribution in [3.63, 3.8) is 0 Å². The molecule has 7 heteroatoms. The molecule has 2 fully saturated rings. The summed E-state index contributed by atoms with van der Waals surface area (Å²) >= 11 is 5.98. The van der Waals surface area contributed by atoms with Crippen LogP contribution in [0.15, 0.2) is 73.0 Å². The molecule has 4 nitrogen and oxygen atoms in total. The van der Waals surface area contributed by atoms with Crippen molar-refractivity contribution in [2.75, 3.05) is 0 Å². The van der Waals surface area contributed by atoms with Crippen molar-refractivity contribution in [3.8, 4) is 0 Å². The van der Waals surface area contributed by atoms with Gasteiger partial charge in [-0.05, 0) is 48.2 Å². The van der Waals surface area contributed by atoms with E-state index >= 15 is 0 Å². The number of rotatable bonds is 4. The van der Waals surface area contributed by atoms with E-state index in [0.717, 1.165) is 24.0 Å². The van der Waals surface area contributed by atoms with Crippen LogP contribution < -0.4 is 5.32 Å². The molecule has 3 aromatic carbocycles. The molecule has 0 radical (unpaired) electrons. The minimum absolute atomic E-state index is 0.0211. The molecule has 0 spiro atoms. The van der Waals surface area contributed by atoms with Crippen molar-refractivity contribution in [1.82, 2.24) is 5.32 Å². The van der Waals surface area contributed by atoms with Crippen LogP contribution in [0.5, 0.6) is 0 Å². The van der Waals surface area contributed by atoms with E-state index in [2.05, 4.69) is 5.32 Å². The summed E-state index contributed by atoms with van der Waals surface area (Å²) in [4.78, 5) is 26.6. The van der Waals surface area contributed by atoms with Gasteiger partial charge in [0.2, 0.25) is 6.23 Å². The number of hydrogen-bond donors (Lipinski definition) is 1. The quantitative estimate of drug-likeness (QED) is 0.428. The Balaban J connectivity index is 1.22. The first-order chi connectivity index (χ1) is 17.4. The van der Waals surface area contributed by atoms with Crippen LogP contribution in [0.2, 0.25) is 5.02 Å². The Morgan fingerprint density at radius 1 is 0.944 bits per heavy atom. The number of nitrogens with one attached hydrogen (secondary N) is 1. The number of ether oxygens (including phenoxy) is 1. The molecule has 0 amide bonds. The zero-order valence-corrected chi connectivity index (χ0v) is 19.9. The van der Waals surface area contributed by atoms with Crippen molar-refractivity contribution in [2.24, 2.45) is 5.92 Å². The molecule has 0 bridgehead atoms. The summed E-state index contributed by atoms with van der Waals surface area (Å²) in [5.74, 6) is -2.40. The van der Waals surface area contributed by atoms with E-state index in [1.54, 1.807) is 24.3 Å². The van der Waals surface area contributed by atoms with Gasteiger partial charge in [-0.25, -0.2) is 8.78 Å². The van der Waals surface area contributed by atoms with Gasteiger partial charge in [0.15, 0.2) is 5.78 Å². The molecule has 2 aliphatic carbocycles. The van der Waals surface area contributed by atoms with E-state index in [1.165, 1.54) is 24.5 Å². The summed E-state index contributed by atoms with van der Waals surface area (Å²) in [6.45, 7) is 0. The van der Waals surface area contributed by atoms with Crippen molar-refractivity contribution in [2.45, 2.75) is 36.8 Å². The number of fused-ring (bicyclic) bond motifs is 1. The third kappa shape index (κ3) is 3.54. The van der Waals surface area contributed by atoms with Crippen LogP contribution in [0.25, 0.3) is 5.70 Å². The van der Waals surface area contributed by atoms with Crippen LogP contribution in [-0.4, -0.2) is 11.6 Å². The first-order valence-electron chi connectivity index (χ1n) is 11.9. The Bertz CT molecular complexity index is 1380. The highest BCUT2D eigenvalue weighted by Crippen LogP contribution is 2.57. The summed E-state index contributed by atoms with van der Waals surface area (Å²) in [5, 5.41) is 3.58.